The molecule has 2 aromatic rings. The van der Waals surface area contributed by atoms with E-state index in [2.05, 4.69) is 26.2 Å². The van der Waals surface area contributed by atoms with Gasteiger partial charge in [-0.15, -0.1) is 0 Å². The first-order chi connectivity index (χ1) is 11.1. The fourth-order valence-corrected chi connectivity index (χ4v) is 2.43. The third-order valence-electron chi connectivity index (χ3n) is 3.28. The second kappa shape index (κ2) is 8.43. The molecule has 0 bridgehead atoms. The largest absolute Gasteiger partial charge is 0.337 e. The highest BCUT2D eigenvalue weighted by Crippen LogP contribution is 2.21. The number of halogens is 1. The van der Waals surface area contributed by atoms with Gasteiger partial charge in [0.1, 0.15) is 0 Å². The number of para-hydroxylation sites is 1. The summed E-state index contributed by atoms with van der Waals surface area (Å²) in [6, 6.07) is 13.0. The molecule has 1 aromatic carbocycles. The molecule has 0 aliphatic carbocycles. The second-order valence-electron chi connectivity index (χ2n) is 5.04. The molecule has 0 fully saturated rings. The van der Waals surface area contributed by atoms with Gasteiger partial charge in [0, 0.05) is 30.6 Å². The summed E-state index contributed by atoms with van der Waals surface area (Å²) in [7, 11) is 0. The summed E-state index contributed by atoms with van der Waals surface area (Å²) in [5.74, 6) is -0.214. The third-order valence-corrected chi connectivity index (χ3v) is 3.97. The highest BCUT2D eigenvalue weighted by atomic mass is 79.9. The van der Waals surface area contributed by atoms with Gasteiger partial charge >= 0.3 is 0 Å². The molecule has 0 radical (unpaired) electrons. The van der Waals surface area contributed by atoms with Gasteiger partial charge in [-0.2, -0.15) is 0 Å². The van der Waals surface area contributed by atoms with Gasteiger partial charge in [0.2, 0.25) is 11.8 Å². The first-order valence-corrected chi connectivity index (χ1v) is 8.05. The minimum atomic E-state index is -0.135. The Labute approximate surface area is 143 Å². The first-order valence-electron chi connectivity index (χ1n) is 7.26. The average molecular weight is 376 g/mol. The van der Waals surface area contributed by atoms with Crippen molar-refractivity contribution >= 4 is 33.4 Å². The first kappa shape index (κ1) is 17.1. The summed E-state index contributed by atoms with van der Waals surface area (Å²) in [5.41, 5.74) is 1.52. The van der Waals surface area contributed by atoms with Gasteiger partial charge in [0.15, 0.2) is 0 Å². The quantitative estimate of drug-likeness (QED) is 0.842. The van der Waals surface area contributed by atoms with Crippen molar-refractivity contribution in [2.75, 3.05) is 11.9 Å². The van der Waals surface area contributed by atoms with Crippen molar-refractivity contribution in [2.24, 2.45) is 0 Å². The van der Waals surface area contributed by atoms with E-state index in [1.807, 2.05) is 42.5 Å². The van der Waals surface area contributed by atoms with Crippen LogP contribution in [-0.4, -0.2) is 28.2 Å². The molecule has 2 rings (SSSR count). The number of rotatable bonds is 6. The van der Waals surface area contributed by atoms with Crippen molar-refractivity contribution in [1.29, 1.82) is 0 Å². The Kier molecular flexibility index (Phi) is 6.29. The Hall–Kier alpha value is -2.21. The van der Waals surface area contributed by atoms with E-state index in [1.165, 1.54) is 6.92 Å². The number of aromatic nitrogens is 1. The maximum atomic E-state index is 12.1. The fraction of sp³-hybridized carbons (Fsp3) is 0.235. The number of hydrogen-bond acceptors (Lipinski definition) is 3. The number of amides is 2. The van der Waals surface area contributed by atoms with Crippen LogP contribution in [0, 0.1) is 0 Å². The number of carbonyl (C=O) groups is 2. The van der Waals surface area contributed by atoms with E-state index in [4.69, 9.17) is 0 Å². The second-order valence-corrected chi connectivity index (χ2v) is 5.89. The maximum absolute atomic E-state index is 12.1. The number of nitrogens with one attached hydrogen (secondary N) is 1. The summed E-state index contributed by atoms with van der Waals surface area (Å²) in [5, 5.41) is 2.83. The van der Waals surface area contributed by atoms with Crippen LogP contribution in [0.15, 0.2) is 53.1 Å². The highest BCUT2D eigenvalue weighted by molar-refractivity contribution is 9.10. The van der Waals surface area contributed by atoms with E-state index < -0.39 is 0 Å². The fourth-order valence-electron chi connectivity index (χ4n) is 2.05. The van der Waals surface area contributed by atoms with Crippen LogP contribution in [0.3, 0.4) is 0 Å². The molecule has 0 atom stereocenters. The molecule has 6 heteroatoms. The average Bonchev–Trinajstić information content (AvgIpc) is 2.54. The van der Waals surface area contributed by atoms with Crippen LogP contribution >= 0.6 is 15.9 Å². The lowest BCUT2D eigenvalue weighted by Gasteiger charge is -2.20. The van der Waals surface area contributed by atoms with Crippen molar-refractivity contribution < 1.29 is 9.59 Å². The van der Waals surface area contributed by atoms with Gasteiger partial charge in [-0.3, -0.25) is 14.6 Å². The molecular formula is C17H18BrN3O2. The number of carbonyl (C=O) groups excluding carboxylic acids is 2. The SMILES string of the molecule is CC(=O)N(CCC(=O)Nc1ccccc1Br)Cc1ccccn1. The van der Waals surface area contributed by atoms with Gasteiger partial charge in [-0.05, 0) is 40.2 Å². The summed E-state index contributed by atoms with van der Waals surface area (Å²) in [6.45, 7) is 2.25. The molecule has 23 heavy (non-hydrogen) atoms. The lowest BCUT2D eigenvalue weighted by atomic mass is 10.2. The normalized spacial score (nSPS) is 10.2. The molecule has 0 aliphatic heterocycles. The molecule has 0 unspecified atom stereocenters. The Morgan fingerprint density at radius 2 is 1.91 bits per heavy atom. The molecule has 0 spiro atoms. The molecule has 0 aliphatic rings. The molecular weight excluding hydrogens is 358 g/mol. The van der Waals surface area contributed by atoms with Crippen LogP contribution in [0.2, 0.25) is 0 Å². The van der Waals surface area contributed by atoms with Gasteiger partial charge in [0.25, 0.3) is 0 Å². The summed E-state index contributed by atoms with van der Waals surface area (Å²) in [4.78, 5) is 29.6. The Bertz CT molecular complexity index is 677. The topological polar surface area (TPSA) is 62.3 Å². The Morgan fingerprint density at radius 1 is 1.17 bits per heavy atom. The molecule has 1 aromatic heterocycles. The van der Waals surface area contributed by atoms with Crippen molar-refractivity contribution in [3.8, 4) is 0 Å². The van der Waals surface area contributed by atoms with E-state index >= 15 is 0 Å². The molecule has 120 valence electrons. The maximum Gasteiger partial charge on any atom is 0.226 e. The molecule has 2 amide bonds. The highest BCUT2D eigenvalue weighted by Gasteiger charge is 2.13. The third kappa shape index (κ3) is 5.49. The molecule has 1 N–H and O–H groups in total. The van der Waals surface area contributed by atoms with Gasteiger partial charge in [-0.1, -0.05) is 18.2 Å². The van der Waals surface area contributed by atoms with E-state index in [-0.39, 0.29) is 18.2 Å². The number of hydrogen-bond donors (Lipinski definition) is 1. The van der Waals surface area contributed by atoms with Crippen LogP contribution < -0.4 is 5.32 Å². The zero-order valence-corrected chi connectivity index (χ0v) is 14.4. The number of pyridine rings is 1. The minimum absolute atomic E-state index is 0.0793. The van der Waals surface area contributed by atoms with E-state index in [0.717, 1.165) is 15.9 Å². The van der Waals surface area contributed by atoms with Crippen molar-refractivity contribution in [1.82, 2.24) is 9.88 Å². The predicted octanol–water partition coefficient (Wildman–Crippen LogP) is 3.22. The van der Waals surface area contributed by atoms with Crippen LogP contribution in [0.1, 0.15) is 19.0 Å². The van der Waals surface area contributed by atoms with Crippen molar-refractivity contribution in [2.45, 2.75) is 19.9 Å². The monoisotopic (exact) mass is 375 g/mol. The van der Waals surface area contributed by atoms with E-state index in [9.17, 15) is 9.59 Å². The van der Waals surface area contributed by atoms with Crippen molar-refractivity contribution in [3.05, 3.63) is 58.8 Å². The number of benzene rings is 1. The lowest BCUT2D eigenvalue weighted by molar-refractivity contribution is -0.130. The lowest BCUT2D eigenvalue weighted by Crippen LogP contribution is -2.31. The minimum Gasteiger partial charge on any atom is -0.337 e. The number of nitrogens with zero attached hydrogens (tertiary/aromatic N) is 2. The molecule has 5 nitrogen and oxygen atoms in total. The smallest absolute Gasteiger partial charge is 0.226 e. The summed E-state index contributed by atoms with van der Waals surface area (Å²) in [6.07, 6.45) is 1.92. The zero-order valence-electron chi connectivity index (χ0n) is 12.8. The standard InChI is InChI=1S/C17H18BrN3O2/c1-13(22)21(12-14-6-4-5-10-19-14)11-9-17(23)20-16-8-3-2-7-15(16)18/h2-8,10H,9,11-12H2,1H3,(H,20,23). The van der Waals surface area contributed by atoms with Crippen LogP contribution in [-0.2, 0) is 16.1 Å². The van der Waals surface area contributed by atoms with Gasteiger partial charge < -0.3 is 10.2 Å². The molecule has 0 saturated heterocycles. The van der Waals surface area contributed by atoms with Crippen LogP contribution in [0.5, 0.6) is 0 Å². The Morgan fingerprint density at radius 3 is 2.57 bits per heavy atom. The van der Waals surface area contributed by atoms with Crippen molar-refractivity contribution in [3.63, 3.8) is 0 Å². The summed E-state index contributed by atoms with van der Waals surface area (Å²) >= 11 is 3.38. The predicted molar refractivity (Wildman–Crippen MR) is 92.7 cm³/mol. The van der Waals surface area contributed by atoms with Gasteiger partial charge in [-0.25, -0.2) is 0 Å². The van der Waals surface area contributed by atoms with Crippen LogP contribution in [0.4, 0.5) is 5.69 Å². The van der Waals surface area contributed by atoms with Crippen LogP contribution in [0.25, 0.3) is 0 Å². The van der Waals surface area contributed by atoms with Gasteiger partial charge in [0.05, 0.1) is 17.9 Å². The molecule has 1 heterocycles. The van der Waals surface area contributed by atoms with E-state index in [0.29, 0.717) is 13.1 Å². The molecule has 0 saturated carbocycles. The van der Waals surface area contributed by atoms with E-state index in [1.54, 1.807) is 11.1 Å². The summed E-state index contributed by atoms with van der Waals surface area (Å²) < 4.78 is 0.824. The zero-order chi connectivity index (χ0) is 16.7. The number of anilines is 1. The Balaban J connectivity index is 1.90.